The van der Waals surface area contributed by atoms with Crippen LogP contribution < -0.4 is 5.73 Å². The van der Waals surface area contributed by atoms with Crippen LogP contribution in [0, 0.1) is 0 Å². The number of carbonyl (C=O) groups excluding carboxylic acids is 2. The fourth-order valence-electron chi connectivity index (χ4n) is 6.35. The van der Waals surface area contributed by atoms with E-state index in [0.29, 0.717) is 6.42 Å². The normalized spacial score (nSPS) is 13.6. The molecule has 9 nitrogen and oxygen atoms in total. The Labute approximate surface area is 344 Å². The molecule has 0 saturated heterocycles. The minimum Gasteiger partial charge on any atom is -0.462 e. The van der Waals surface area contributed by atoms with Crippen molar-refractivity contribution in [1.29, 1.82) is 0 Å². The number of phosphoric acid groups is 1. The maximum Gasteiger partial charge on any atom is 0.472 e. The first-order chi connectivity index (χ1) is 27.3. The van der Waals surface area contributed by atoms with E-state index in [2.05, 4.69) is 50.3 Å². The maximum absolute atomic E-state index is 12.6. The molecule has 0 aromatic carbocycles. The summed E-state index contributed by atoms with van der Waals surface area (Å²) in [6.45, 7) is 3.72. The number of esters is 2. The molecule has 328 valence electrons. The average molecular weight is 812 g/mol. The number of phosphoric ester groups is 1. The predicted octanol–water partition coefficient (Wildman–Crippen LogP) is 13.3. The number of ether oxygens (including phenoxy) is 2. The highest BCUT2D eigenvalue weighted by Gasteiger charge is 2.26. The van der Waals surface area contributed by atoms with Crippen LogP contribution in [0.1, 0.15) is 213 Å². The molecule has 0 aromatic heterocycles. The highest BCUT2D eigenvalue weighted by molar-refractivity contribution is 7.47. The Balaban J connectivity index is 4.09. The summed E-state index contributed by atoms with van der Waals surface area (Å²) in [6, 6.07) is 0. The Bertz CT molecular complexity index is 1020. The van der Waals surface area contributed by atoms with Crippen molar-refractivity contribution < 1.29 is 37.6 Å². The Morgan fingerprint density at radius 1 is 0.536 bits per heavy atom. The van der Waals surface area contributed by atoms with Crippen molar-refractivity contribution in [2.75, 3.05) is 26.4 Å². The number of allylic oxidation sites excluding steroid dienone is 6. The molecule has 10 heteroatoms. The van der Waals surface area contributed by atoms with Crippen LogP contribution in [-0.4, -0.2) is 49.3 Å². The minimum absolute atomic E-state index is 0.0525. The van der Waals surface area contributed by atoms with E-state index in [4.69, 9.17) is 24.3 Å². The number of hydrogen-bond donors (Lipinski definition) is 2. The van der Waals surface area contributed by atoms with Gasteiger partial charge in [0.2, 0.25) is 0 Å². The van der Waals surface area contributed by atoms with Gasteiger partial charge in [0.05, 0.1) is 13.2 Å². The third-order valence-corrected chi connectivity index (χ3v) is 10.8. The van der Waals surface area contributed by atoms with Crippen LogP contribution in [0.4, 0.5) is 0 Å². The molecule has 3 N–H and O–H groups in total. The lowest BCUT2D eigenvalue weighted by atomic mass is 10.0. The van der Waals surface area contributed by atoms with E-state index >= 15 is 0 Å². The summed E-state index contributed by atoms with van der Waals surface area (Å²) in [5.74, 6) is -0.832. The summed E-state index contributed by atoms with van der Waals surface area (Å²) in [4.78, 5) is 34.9. The van der Waals surface area contributed by atoms with E-state index in [1.807, 2.05) is 0 Å². The van der Waals surface area contributed by atoms with E-state index in [1.54, 1.807) is 0 Å². The molecule has 0 aliphatic rings. The first-order valence-corrected chi connectivity index (χ1v) is 24.5. The van der Waals surface area contributed by atoms with Gasteiger partial charge < -0.3 is 20.1 Å². The van der Waals surface area contributed by atoms with Gasteiger partial charge in [0.25, 0.3) is 0 Å². The number of nitrogens with two attached hydrogens (primary N) is 1. The molecule has 0 amide bonds. The fraction of sp³-hybridized carbons (Fsp3) is 0.826. The summed E-state index contributed by atoms with van der Waals surface area (Å²) < 4.78 is 32.8. The van der Waals surface area contributed by atoms with Crippen molar-refractivity contribution in [2.45, 2.75) is 219 Å². The van der Waals surface area contributed by atoms with Gasteiger partial charge in [0, 0.05) is 19.4 Å². The van der Waals surface area contributed by atoms with Crippen LogP contribution >= 0.6 is 7.82 Å². The second kappa shape index (κ2) is 42.8. The molecule has 2 atom stereocenters. The van der Waals surface area contributed by atoms with Crippen LogP contribution in [-0.2, 0) is 32.7 Å². The van der Waals surface area contributed by atoms with Gasteiger partial charge in [-0.25, -0.2) is 4.57 Å². The highest BCUT2D eigenvalue weighted by Crippen LogP contribution is 2.43. The zero-order valence-electron chi connectivity index (χ0n) is 36.1. The van der Waals surface area contributed by atoms with Crippen molar-refractivity contribution in [1.82, 2.24) is 0 Å². The van der Waals surface area contributed by atoms with Gasteiger partial charge in [-0.05, 0) is 51.4 Å². The van der Waals surface area contributed by atoms with E-state index in [-0.39, 0.29) is 38.6 Å². The minimum atomic E-state index is -4.38. The Morgan fingerprint density at radius 3 is 1.38 bits per heavy atom. The molecule has 56 heavy (non-hydrogen) atoms. The van der Waals surface area contributed by atoms with Gasteiger partial charge in [0.15, 0.2) is 6.10 Å². The molecule has 0 spiro atoms. The van der Waals surface area contributed by atoms with Gasteiger partial charge in [0.1, 0.15) is 6.61 Å². The molecule has 0 rings (SSSR count). The quantitative estimate of drug-likeness (QED) is 0.0267. The van der Waals surface area contributed by atoms with Crippen LogP contribution in [0.15, 0.2) is 36.5 Å². The van der Waals surface area contributed by atoms with Gasteiger partial charge in [-0.3, -0.25) is 18.6 Å². The highest BCUT2D eigenvalue weighted by atomic mass is 31.2. The summed E-state index contributed by atoms with van der Waals surface area (Å²) in [7, 11) is -4.38. The van der Waals surface area contributed by atoms with E-state index < -0.39 is 26.5 Å². The Kier molecular flexibility index (Phi) is 41.5. The number of hydrogen-bond acceptors (Lipinski definition) is 8. The lowest BCUT2D eigenvalue weighted by Gasteiger charge is -2.19. The van der Waals surface area contributed by atoms with Gasteiger partial charge in [-0.2, -0.15) is 0 Å². The third-order valence-electron chi connectivity index (χ3n) is 9.78. The molecule has 0 aliphatic heterocycles. The van der Waals surface area contributed by atoms with Gasteiger partial charge in [-0.1, -0.05) is 185 Å². The SMILES string of the molecule is CCCCCCC/C=C\C/C=C\C/C=C\CCCCCCCCCCC(=O)OC(COC(=O)CCCCCCCCCCCCCC)COP(=O)(O)OCCN. The average Bonchev–Trinajstić information content (AvgIpc) is 3.18. The lowest BCUT2D eigenvalue weighted by Crippen LogP contribution is -2.29. The molecular formula is C46H86NO8P. The first kappa shape index (κ1) is 54.2. The maximum atomic E-state index is 12.6. The predicted molar refractivity (Wildman–Crippen MR) is 234 cm³/mol. The van der Waals surface area contributed by atoms with Crippen LogP contribution in [0.3, 0.4) is 0 Å². The number of unbranched alkanes of at least 4 members (excludes halogenated alkanes) is 24. The smallest absolute Gasteiger partial charge is 0.462 e. The lowest BCUT2D eigenvalue weighted by molar-refractivity contribution is -0.161. The van der Waals surface area contributed by atoms with Crippen LogP contribution in [0.25, 0.3) is 0 Å². The second-order valence-corrected chi connectivity index (χ2v) is 16.7. The fourth-order valence-corrected chi connectivity index (χ4v) is 7.11. The molecule has 2 unspecified atom stereocenters. The van der Waals surface area contributed by atoms with E-state index in [9.17, 15) is 19.0 Å². The molecule has 0 fully saturated rings. The molecule has 0 aromatic rings. The topological polar surface area (TPSA) is 134 Å². The summed E-state index contributed by atoms with van der Waals surface area (Å²) in [5.41, 5.74) is 5.35. The van der Waals surface area contributed by atoms with Gasteiger partial charge in [-0.15, -0.1) is 0 Å². The first-order valence-electron chi connectivity index (χ1n) is 23.0. The second-order valence-electron chi connectivity index (χ2n) is 15.3. The zero-order valence-corrected chi connectivity index (χ0v) is 37.0. The third kappa shape index (κ3) is 41.9. The number of rotatable bonds is 43. The van der Waals surface area contributed by atoms with Crippen molar-refractivity contribution in [3.8, 4) is 0 Å². The molecule has 0 saturated carbocycles. The summed E-state index contributed by atoms with van der Waals surface area (Å²) in [5, 5.41) is 0. The van der Waals surface area contributed by atoms with Crippen LogP contribution in [0.5, 0.6) is 0 Å². The van der Waals surface area contributed by atoms with E-state index in [0.717, 1.165) is 57.8 Å². The molecule has 0 aliphatic carbocycles. The van der Waals surface area contributed by atoms with Crippen molar-refractivity contribution in [3.63, 3.8) is 0 Å². The number of carbonyl (C=O) groups is 2. The zero-order chi connectivity index (χ0) is 41.1. The summed E-state index contributed by atoms with van der Waals surface area (Å²) >= 11 is 0. The van der Waals surface area contributed by atoms with Crippen molar-refractivity contribution in [2.24, 2.45) is 5.73 Å². The molecular weight excluding hydrogens is 725 g/mol. The van der Waals surface area contributed by atoms with Gasteiger partial charge >= 0.3 is 19.8 Å². The van der Waals surface area contributed by atoms with Crippen molar-refractivity contribution >= 4 is 19.8 Å². The van der Waals surface area contributed by atoms with Crippen molar-refractivity contribution in [3.05, 3.63) is 36.5 Å². The molecule has 0 radical (unpaired) electrons. The molecule has 0 heterocycles. The summed E-state index contributed by atoms with van der Waals surface area (Å²) in [6.07, 6.45) is 47.5. The molecule has 0 bridgehead atoms. The van der Waals surface area contributed by atoms with E-state index in [1.165, 1.54) is 122 Å². The standard InChI is InChI=1S/C46H86NO8P/c1-3-5-7-9-11-13-15-17-18-19-20-21-22-23-24-25-26-27-29-31-33-35-37-39-46(49)55-44(43-54-56(50,51)53-41-40-47)42-52-45(48)38-36-34-32-30-28-16-14-12-10-8-6-4-2/h15,17,19-20,22-23,44H,3-14,16,18,21,24-43,47H2,1-2H3,(H,50,51)/b17-15-,20-19-,23-22-. The van der Waals surface area contributed by atoms with Crippen LogP contribution in [0.2, 0.25) is 0 Å². The monoisotopic (exact) mass is 812 g/mol. The Morgan fingerprint density at radius 2 is 0.929 bits per heavy atom. The Hall–Kier alpha value is -1.77. The largest absolute Gasteiger partial charge is 0.472 e.